The maximum Gasteiger partial charge on any atom is 0.319 e. The van der Waals surface area contributed by atoms with Gasteiger partial charge in [0.2, 0.25) is 0 Å². The van der Waals surface area contributed by atoms with Crippen molar-refractivity contribution >= 4 is 11.7 Å². The Balaban J connectivity index is 1.81. The summed E-state index contributed by atoms with van der Waals surface area (Å²) in [6.07, 6.45) is 0. The topological polar surface area (TPSA) is 59.6 Å². The lowest BCUT2D eigenvalue weighted by atomic mass is 10.2. The Morgan fingerprint density at radius 2 is 1.83 bits per heavy atom. The van der Waals surface area contributed by atoms with Crippen molar-refractivity contribution in [2.45, 2.75) is 6.92 Å². The van der Waals surface area contributed by atoms with Gasteiger partial charge in [0.25, 0.3) is 0 Å². The summed E-state index contributed by atoms with van der Waals surface area (Å²) in [7, 11) is 1.54. The van der Waals surface area contributed by atoms with Crippen molar-refractivity contribution in [1.82, 2.24) is 5.32 Å². The largest absolute Gasteiger partial charge is 0.493 e. The highest BCUT2D eigenvalue weighted by Crippen LogP contribution is 2.27. The van der Waals surface area contributed by atoms with Gasteiger partial charge in [0, 0.05) is 0 Å². The highest BCUT2D eigenvalue weighted by atomic mass is 19.1. The summed E-state index contributed by atoms with van der Waals surface area (Å²) in [5.41, 5.74) is 0.541. The van der Waals surface area contributed by atoms with Gasteiger partial charge >= 0.3 is 6.03 Å². The number of hydrogen-bond acceptors (Lipinski definition) is 3. The Labute approximate surface area is 138 Å². The van der Waals surface area contributed by atoms with Gasteiger partial charge < -0.3 is 20.1 Å². The van der Waals surface area contributed by atoms with E-state index >= 15 is 0 Å². The van der Waals surface area contributed by atoms with E-state index in [1.54, 1.807) is 6.07 Å². The Kier molecular flexibility index (Phi) is 5.95. The van der Waals surface area contributed by atoms with Gasteiger partial charge in [-0.25, -0.2) is 13.6 Å². The zero-order chi connectivity index (χ0) is 17.5. The molecule has 0 aliphatic carbocycles. The van der Waals surface area contributed by atoms with Crippen molar-refractivity contribution in [3.05, 3.63) is 53.6 Å². The fraction of sp³-hybridized carbons (Fsp3) is 0.235. The number of nitrogens with one attached hydrogen (secondary N) is 2. The number of benzene rings is 2. The van der Waals surface area contributed by atoms with E-state index in [1.807, 2.05) is 19.1 Å². The van der Waals surface area contributed by atoms with Crippen molar-refractivity contribution in [3.8, 4) is 11.5 Å². The number of rotatable bonds is 6. The van der Waals surface area contributed by atoms with Crippen LogP contribution in [0.4, 0.5) is 19.3 Å². The van der Waals surface area contributed by atoms with Crippen molar-refractivity contribution < 1.29 is 23.0 Å². The molecular weight excluding hydrogens is 318 g/mol. The lowest BCUT2D eigenvalue weighted by Crippen LogP contribution is -2.32. The molecule has 2 rings (SSSR count). The van der Waals surface area contributed by atoms with Crippen molar-refractivity contribution in [2.75, 3.05) is 25.6 Å². The van der Waals surface area contributed by atoms with Crippen molar-refractivity contribution in [3.63, 3.8) is 0 Å². The molecule has 2 N–H and O–H groups in total. The van der Waals surface area contributed by atoms with E-state index in [0.717, 1.165) is 17.7 Å². The molecule has 5 nitrogen and oxygen atoms in total. The molecule has 7 heteroatoms. The standard InChI is InChI=1S/C17H18F2N2O3/c1-11-6-7-14(15(10-11)23-2)24-9-8-20-17(22)21-16-12(18)4-3-5-13(16)19/h3-7,10H,8-9H2,1-2H3,(H2,20,21,22). The molecule has 0 fully saturated rings. The molecule has 0 aliphatic rings. The van der Waals surface area contributed by atoms with Gasteiger partial charge in [0.1, 0.15) is 23.9 Å². The Morgan fingerprint density at radius 1 is 1.12 bits per heavy atom. The highest BCUT2D eigenvalue weighted by Gasteiger charge is 2.11. The van der Waals surface area contributed by atoms with Gasteiger partial charge in [-0.15, -0.1) is 0 Å². The predicted molar refractivity (Wildman–Crippen MR) is 86.6 cm³/mol. The first-order chi connectivity index (χ1) is 11.5. The molecule has 0 radical (unpaired) electrons. The van der Waals surface area contributed by atoms with E-state index in [4.69, 9.17) is 9.47 Å². The number of carbonyl (C=O) groups excluding carboxylic acids is 1. The number of ether oxygens (including phenoxy) is 2. The third-order valence-electron chi connectivity index (χ3n) is 3.17. The maximum absolute atomic E-state index is 13.4. The number of methoxy groups -OCH3 is 1. The second kappa shape index (κ2) is 8.14. The minimum absolute atomic E-state index is 0.152. The minimum atomic E-state index is -0.842. The SMILES string of the molecule is COc1cc(C)ccc1OCCNC(=O)Nc1c(F)cccc1F. The zero-order valence-electron chi connectivity index (χ0n) is 13.4. The monoisotopic (exact) mass is 336 g/mol. The third kappa shape index (κ3) is 4.58. The molecule has 0 spiro atoms. The second-order valence-electron chi connectivity index (χ2n) is 4.98. The lowest BCUT2D eigenvalue weighted by molar-refractivity contribution is 0.246. The van der Waals surface area contributed by atoms with Crippen LogP contribution in [0.15, 0.2) is 36.4 Å². The summed E-state index contributed by atoms with van der Waals surface area (Å²) in [6.45, 7) is 2.26. The van der Waals surface area contributed by atoms with Crippen LogP contribution in [-0.2, 0) is 0 Å². The van der Waals surface area contributed by atoms with Gasteiger partial charge in [-0.2, -0.15) is 0 Å². The average Bonchev–Trinajstić information content (AvgIpc) is 2.56. The smallest absolute Gasteiger partial charge is 0.319 e. The molecule has 0 saturated carbocycles. The summed E-state index contributed by atoms with van der Waals surface area (Å²) in [5.74, 6) is -0.546. The van der Waals surface area contributed by atoms with E-state index in [-0.39, 0.29) is 13.2 Å². The number of para-hydroxylation sites is 1. The van der Waals surface area contributed by atoms with Gasteiger partial charge in [0.05, 0.1) is 13.7 Å². The molecule has 0 aliphatic heterocycles. The van der Waals surface area contributed by atoms with E-state index in [0.29, 0.717) is 11.5 Å². The average molecular weight is 336 g/mol. The van der Waals surface area contributed by atoms with Crippen LogP contribution in [0.25, 0.3) is 0 Å². The van der Waals surface area contributed by atoms with Gasteiger partial charge in [-0.1, -0.05) is 12.1 Å². The number of halogens is 2. The first kappa shape index (κ1) is 17.5. The number of carbonyl (C=O) groups is 1. The van der Waals surface area contributed by atoms with Gasteiger partial charge in [0.15, 0.2) is 11.5 Å². The van der Waals surface area contributed by atoms with Crippen LogP contribution in [0.3, 0.4) is 0 Å². The summed E-state index contributed by atoms with van der Waals surface area (Å²) >= 11 is 0. The number of anilines is 1. The molecule has 0 aromatic heterocycles. The molecule has 0 atom stereocenters. The predicted octanol–water partition coefficient (Wildman–Crippen LogP) is 3.48. The molecule has 128 valence electrons. The summed E-state index contributed by atoms with van der Waals surface area (Å²) < 4.78 is 37.5. The van der Waals surface area contributed by atoms with Crippen molar-refractivity contribution in [2.24, 2.45) is 0 Å². The molecule has 0 bridgehead atoms. The van der Waals surface area contributed by atoms with E-state index < -0.39 is 23.4 Å². The molecule has 0 unspecified atom stereocenters. The summed E-state index contributed by atoms with van der Waals surface area (Å²) in [6, 6.07) is 8.09. The van der Waals surface area contributed by atoms with E-state index in [2.05, 4.69) is 10.6 Å². The van der Waals surface area contributed by atoms with Gasteiger partial charge in [-0.05, 0) is 36.8 Å². The van der Waals surface area contributed by atoms with Crippen LogP contribution in [0.2, 0.25) is 0 Å². The molecular formula is C17H18F2N2O3. The minimum Gasteiger partial charge on any atom is -0.493 e. The number of amides is 2. The lowest BCUT2D eigenvalue weighted by Gasteiger charge is -2.12. The quantitative estimate of drug-likeness (QED) is 0.794. The molecule has 24 heavy (non-hydrogen) atoms. The molecule has 2 aromatic rings. The fourth-order valence-corrected chi connectivity index (χ4v) is 1.99. The Bertz CT molecular complexity index is 703. The number of hydrogen-bond donors (Lipinski definition) is 2. The van der Waals surface area contributed by atoms with Crippen LogP contribution in [0.5, 0.6) is 11.5 Å². The second-order valence-corrected chi connectivity index (χ2v) is 4.98. The summed E-state index contributed by atoms with van der Waals surface area (Å²) in [5, 5.41) is 4.58. The third-order valence-corrected chi connectivity index (χ3v) is 3.17. The summed E-state index contributed by atoms with van der Waals surface area (Å²) in [4.78, 5) is 11.7. The molecule has 2 aromatic carbocycles. The van der Waals surface area contributed by atoms with E-state index in [9.17, 15) is 13.6 Å². The van der Waals surface area contributed by atoms with Crippen molar-refractivity contribution in [1.29, 1.82) is 0 Å². The molecule has 0 heterocycles. The van der Waals surface area contributed by atoms with Crippen LogP contribution in [0, 0.1) is 18.6 Å². The van der Waals surface area contributed by atoms with Gasteiger partial charge in [-0.3, -0.25) is 0 Å². The first-order valence-electron chi connectivity index (χ1n) is 7.27. The maximum atomic E-state index is 13.4. The van der Waals surface area contributed by atoms with E-state index in [1.165, 1.54) is 13.2 Å². The number of urea groups is 1. The Hall–Kier alpha value is -2.83. The highest BCUT2D eigenvalue weighted by molar-refractivity contribution is 5.89. The fourth-order valence-electron chi connectivity index (χ4n) is 1.99. The Morgan fingerprint density at radius 3 is 2.50 bits per heavy atom. The first-order valence-corrected chi connectivity index (χ1v) is 7.27. The molecule has 2 amide bonds. The zero-order valence-corrected chi connectivity index (χ0v) is 13.4. The van der Waals surface area contributed by atoms with Crippen LogP contribution < -0.4 is 20.1 Å². The number of aryl methyl sites for hydroxylation is 1. The van der Waals surface area contributed by atoms with Crippen LogP contribution in [-0.4, -0.2) is 26.3 Å². The molecule has 0 saturated heterocycles. The van der Waals surface area contributed by atoms with Crippen LogP contribution in [0.1, 0.15) is 5.56 Å². The normalized spacial score (nSPS) is 10.2. The van der Waals surface area contributed by atoms with Crippen LogP contribution >= 0.6 is 0 Å².